The molecule has 1 aliphatic heterocycles. The van der Waals surface area contributed by atoms with Gasteiger partial charge in [0, 0.05) is 0 Å². The van der Waals surface area contributed by atoms with Gasteiger partial charge in [0.25, 0.3) is 0 Å². The second kappa shape index (κ2) is 8.60. The number of likely N-dealkylation sites (N-methyl/N-ethyl adjacent to an activating group) is 1. The molecule has 0 saturated carbocycles. The Kier molecular flexibility index (Phi) is 6.99. The topological polar surface area (TPSA) is 43.5 Å². The number of alkyl halides is 3. The van der Waals surface area contributed by atoms with E-state index in [1.807, 2.05) is 26.0 Å². The van der Waals surface area contributed by atoms with Crippen molar-refractivity contribution in [2.45, 2.75) is 37.9 Å². The van der Waals surface area contributed by atoms with E-state index in [0.29, 0.717) is 19.7 Å². The maximum absolute atomic E-state index is 14.0. The highest BCUT2D eigenvalue weighted by molar-refractivity contribution is 6.24. The van der Waals surface area contributed by atoms with Crippen LogP contribution in [0.4, 0.5) is 8.78 Å². The number of rotatable bonds is 11. The molecule has 142 valence electrons. The van der Waals surface area contributed by atoms with Crippen molar-refractivity contribution in [3.05, 3.63) is 29.8 Å². The number of hydrogen-bond donors (Lipinski definition) is 0. The van der Waals surface area contributed by atoms with Crippen LogP contribution in [0.25, 0.3) is 0 Å². The van der Waals surface area contributed by atoms with Crippen molar-refractivity contribution in [1.82, 2.24) is 4.90 Å². The monoisotopic (exact) mass is 379 g/mol. The zero-order valence-electron chi connectivity index (χ0n) is 14.6. The minimum Gasteiger partial charge on any atom is -0.497 e. The molecule has 5 nitrogen and oxygen atoms in total. The van der Waals surface area contributed by atoms with Crippen LogP contribution in [0.2, 0.25) is 0 Å². The van der Waals surface area contributed by atoms with Crippen molar-refractivity contribution < 1.29 is 27.7 Å². The molecular formula is C17H24ClF2NO4. The van der Waals surface area contributed by atoms with Gasteiger partial charge in [-0.2, -0.15) is 8.78 Å². The van der Waals surface area contributed by atoms with Crippen molar-refractivity contribution >= 4 is 11.6 Å². The Hall–Kier alpha value is -0.990. The van der Waals surface area contributed by atoms with Crippen LogP contribution in [0.1, 0.15) is 19.4 Å². The SMILES string of the molecule is CCN(CC)C1(Cl)OC1C(F)(F)OCCOCc1ccc(OC)cc1. The van der Waals surface area contributed by atoms with E-state index in [9.17, 15) is 8.78 Å². The molecule has 1 aromatic rings. The zero-order chi connectivity index (χ0) is 18.5. The fraction of sp³-hybridized carbons (Fsp3) is 0.647. The van der Waals surface area contributed by atoms with Crippen LogP contribution in [0.15, 0.2) is 24.3 Å². The molecule has 2 unspecified atom stereocenters. The summed E-state index contributed by atoms with van der Waals surface area (Å²) in [4.78, 5) is 1.62. The first-order valence-electron chi connectivity index (χ1n) is 8.21. The highest BCUT2D eigenvalue weighted by Gasteiger charge is 2.71. The minimum absolute atomic E-state index is 0.0366. The molecule has 0 amide bonds. The number of ether oxygens (including phenoxy) is 4. The van der Waals surface area contributed by atoms with E-state index in [2.05, 4.69) is 4.74 Å². The highest BCUT2D eigenvalue weighted by Crippen LogP contribution is 2.51. The molecule has 8 heteroatoms. The van der Waals surface area contributed by atoms with Crippen LogP contribution in [-0.2, 0) is 20.8 Å². The molecule has 25 heavy (non-hydrogen) atoms. The molecular weight excluding hydrogens is 356 g/mol. The van der Waals surface area contributed by atoms with Gasteiger partial charge in [0.05, 0.1) is 26.9 Å². The first-order chi connectivity index (χ1) is 11.9. The van der Waals surface area contributed by atoms with Crippen molar-refractivity contribution in [3.63, 3.8) is 0 Å². The average molecular weight is 380 g/mol. The summed E-state index contributed by atoms with van der Waals surface area (Å²) in [6.07, 6.45) is -4.95. The summed E-state index contributed by atoms with van der Waals surface area (Å²) < 4.78 is 48.2. The molecule has 0 aliphatic carbocycles. The van der Waals surface area contributed by atoms with Gasteiger partial charge >= 0.3 is 6.11 Å². The molecule has 1 aliphatic rings. The number of nitrogens with zero attached hydrogens (tertiary/aromatic N) is 1. The third kappa shape index (κ3) is 5.01. The molecule has 1 heterocycles. The number of hydrogen-bond acceptors (Lipinski definition) is 5. The molecule has 0 N–H and O–H groups in total. The summed E-state index contributed by atoms with van der Waals surface area (Å²) in [7, 11) is 1.59. The molecule has 2 rings (SSSR count). The van der Waals surface area contributed by atoms with Crippen molar-refractivity contribution in [2.75, 3.05) is 33.4 Å². The van der Waals surface area contributed by atoms with Crippen LogP contribution >= 0.6 is 11.6 Å². The van der Waals surface area contributed by atoms with Crippen LogP contribution < -0.4 is 4.74 Å². The van der Waals surface area contributed by atoms with E-state index in [4.69, 9.17) is 25.8 Å². The van der Waals surface area contributed by atoms with E-state index in [0.717, 1.165) is 11.3 Å². The fourth-order valence-corrected chi connectivity index (χ4v) is 2.98. The summed E-state index contributed by atoms with van der Waals surface area (Å²) >= 11 is 6.11. The summed E-state index contributed by atoms with van der Waals surface area (Å²) in [5, 5.41) is -1.49. The standard InChI is InChI=1S/C17H24ClF2NO4/c1-4-21(5-2)16(18)15(25-16)17(19,20)24-11-10-23-12-13-6-8-14(22-3)9-7-13/h6-9,15H,4-5,10-12H2,1-3H3. The first kappa shape index (κ1) is 20.3. The van der Waals surface area contributed by atoms with Crippen molar-refractivity contribution in [1.29, 1.82) is 0 Å². The number of epoxide rings is 1. The van der Waals surface area contributed by atoms with E-state index >= 15 is 0 Å². The quantitative estimate of drug-likeness (QED) is 0.255. The first-order valence-corrected chi connectivity index (χ1v) is 8.59. The van der Waals surface area contributed by atoms with Gasteiger partial charge in [0.2, 0.25) is 11.3 Å². The van der Waals surface area contributed by atoms with Crippen molar-refractivity contribution in [2.24, 2.45) is 0 Å². The molecule has 0 spiro atoms. The van der Waals surface area contributed by atoms with Gasteiger partial charge in [0.1, 0.15) is 5.75 Å². The highest BCUT2D eigenvalue weighted by atomic mass is 35.5. The Morgan fingerprint density at radius 1 is 1.20 bits per heavy atom. The Morgan fingerprint density at radius 3 is 2.40 bits per heavy atom. The molecule has 1 saturated heterocycles. The van der Waals surface area contributed by atoms with E-state index in [-0.39, 0.29) is 13.2 Å². The molecule has 0 radical (unpaired) electrons. The predicted octanol–water partition coefficient (Wildman–Crippen LogP) is 3.45. The lowest BCUT2D eigenvalue weighted by Crippen LogP contribution is -2.42. The van der Waals surface area contributed by atoms with Gasteiger partial charge in [-0.1, -0.05) is 37.6 Å². The zero-order valence-corrected chi connectivity index (χ0v) is 15.4. The molecule has 0 bridgehead atoms. The van der Waals surface area contributed by atoms with Gasteiger partial charge < -0.3 is 18.9 Å². The summed E-state index contributed by atoms with van der Waals surface area (Å²) in [6.45, 7) is 4.77. The molecule has 1 aromatic carbocycles. The minimum atomic E-state index is -3.46. The summed E-state index contributed by atoms with van der Waals surface area (Å²) in [5.41, 5.74) is 0.916. The molecule has 0 aromatic heterocycles. The second-order valence-corrected chi connectivity index (χ2v) is 6.13. The maximum atomic E-state index is 14.0. The van der Waals surface area contributed by atoms with E-state index in [1.54, 1.807) is 24.1 Å². The van der Waals surface area contributed by atoms with Crippen LogP contribution in [-0.4, -0.2) is 55.7 Å². The van der Waals surface area contributed by atoms with Gasteiger partial charge in [-0.3, -0.25) is 4.90 Å². The Labute approximate surface area is 151 Å². The lowest BCUT2D eigenvalue weighted by Gasteiger charge is -2.23. The lowest BCUT2D eigenvalue weighted by atomic mass is 10.2. The van der Waals surface area contributed by atoms with Gasteiger partial charge in [0.15, 0.2) is 0 Å². The van der Waals surface area contributed by atoms with Crippen LogP contribution in [0, 0.1) is 0 Å². The average Bonchev–Trinajstić information content (AvgIpc) is 3.30. The van der Waals surface area contributed by atoms with Gasteiger partial charge in [-0.05, 0) is 30.8 Å². The normalized spacial score (nSPS) is 23.1. The van der Waals surface area contributed by atoms with Crippen molar-refractivity contribution in [3.8, 4) is 5.75 Å². The Morgan fingerprint density at radius 2 is 1.84 bits per heavy atom. The molecule has 1 fully saturated rings. The third-order valence-electron chi connectivity index (χ3n) is 4.00. The van der Waals surface area contributed by atoms with Crippen LogP contribution in [0.5, 0.6) is 5.75 Å². The predicted molar refractivity (Wildman–Crippen MR) is 89.9 cm³/mol. The smallest absolute Gasteiger partial charge is 0.387 e. The third-order valence-corrected chi connectivity index (χ3v) is 4.53. The van der Waals surface area contributed by atoms with E-state index in [1.165, 1.54) is 0 Å². The Balaban J connectivity index is 1.70. The maximum Gasteiger partial charge on any atom is 0.387 e. The van der Waals surface area contributed by atoms with Gasteiger partial charge in [-0.25, -0.2) is 0 Å². The lowest BCUT2D eigenvalue weighted by molar-refractivity contribution is -0.254. The Bertz CT molecular complexity index is 542. The van der Waals surface area contributed by atoms with Crippen LogP contribution in [0.3, 0.4) is 0 Å². The largest absolute Gasteiger partial charge is 0.497 e. The fourth-order valence-electron chi connectivity index (χ4n) is 2.53. The van der Waals surface area contributed by atoms with Gasteiger partial charge in [-0.15, -0.1) is 0 Å². The second-order valence-electron chi connectivity index (χ2n) is 5.59. The number of methoxy groups -OCH3 is 1. The summed E-state index contributed by atoms with van der Waals surface area (Å²) in [6, 6.07) is 7.30. The van der Waals surface area contributed by atoms with E-state index < -0.39 is 17.4 Å². The summed E-state index contributed by atoms with van der Waals surface area (Å²) in [5.74, 6) is 0.744. The molecule has 2 atom stereocenters. The number of halogens is 3. The number of benzene rings is 1.